The Morgan fingerprint density at radius 1 is 1.21 bits per heavy atom. The molecule has 4 unspecified atom stereocenters. The summed E-state index contributed by atoms with van der Waals surface area (Å²) in [5, 5.41) is 27.1. The van der Waals surface area contributed by atoms with E-state index < -0.39 is 30.1 Å². The van der Waals surface area contributed by atoms with Gasteiger partial charge in [-0.3, -0.25) is 4.90 Å². The molecule has 4 atom stereocenters. The summed E-state index contributed by atoms with van der Waals surface area (Å²) in [5.41, 5.74) is 0. The second-order valence-corrected chi connectivity index (χ2v) is 3.83. The van der Waals surface area contributed by atoms with Gasteiger partial charge in [0.2, 0.25) is 0 Å². The molecule has 14 heavy (non-hydrogen) atoms. The van der Waals surface area contributed by atoms with Crippen molar-refractivity contribution in [2.45, 2.75) is 31.0 Å². The molecule has 6 heteroatoms. The lowest BCUT2D eigenvalue weighted by atomic mass is 9.96. The van der Waals surface area contributed by atoms with Crippen LogP contribution in [0.15, 0.2) is 0 Å². The van der Waals surface area contributed by atoms with Crippen molar-refractivity contribution in [3.8, 4) is 0 Å². The van der Waals surface area contributed by atoms with Crippen molar-refractivity contribution >= 4 is 12.1 Å². The number of piperidine rings is 1. The minimum Gasteiger partial charge on any atom is -0.480 e. The highest BCUT2D eigenvalue weighted by atomic mass is 16.4. The molecule has 2 bridgehead atoms. The van der Waals surface area contributed by atoms with Gasteiger partial charge in [0.25, 0.3) is 0 Å². The van der Waals surface area contributed by atoms with Crippen LogP contribution in [-0.2, 0) is 4.79 Å². The number of rotatable bonds is 1. The number of nitrogens with zero attached hydrogens (tertiary/aromatic N) is 1. The van der Waals surface area contributed by atoms with Crippen LogP contribution in [0.1, 0.15) is 12.8 Å². The number of fused-ring (bicyclic) bond motifs is 2. The number of carboxylic acid groups (broad SMARTS) is 2. The molecule has 1 saturated carbocycles. The number of aliphatic hydroxyl groups excluding tert-OH is 1. The van der Waals surface area contributed by atoms with Gasteiger partial charge in [0.05, 0.1) is 6.10 Å². The summed E-state index contributed by atoms with van der Waals surface area (Å²) in [4.78, 5) is 22.6. The van der Waals surface area contributed by atoms with E-state index in [0.717, 1.165) is 4.90 Å². The van der Waals surface area contributed by atoms with Crippen molar-refractivity contribution in [3.63, 3.8) is 0 Å². The average molecular weight is 201 g/mol. The third-order valence-corrected chi connectivity index (χ3v) is 3.12. The van der Waals surface area contributed by atoms with Crippen LogP contribution in [0.3, 0.4) is 0 Å². The lowest BCUT2D eigenvalue weighted by Crippen LogP contribution is -2.52. The SMILES string of the molecule is O=C(O)C1C2CC(CC2O)N1C(=O)O. The van der Waals surface area contributed by atoms with E-state index >= 15 is 0 Å². The zero-order chi connectivity index (χ0) is 10.5. The van der Waals surface area contributed by atoms with Gasteiger partial charge in [-0.15, -0.1) is 0 Å². The molecule has 3 N–H and O–H groups in total. The van der Waals surface area contributed by atoms with Gasteiger partial charge in [0.1, 0.15) is 6.04 Å². The lowest BCUT2D eigenvalue weighted by molar-refractivity contribution is -0.146. The number of likely N-dealkylation sites (tertiary alicyclic amines) is 1. The monoisotopic (exact) mass is 201 g/mol. The van der Waals surface area contributed by atoms with E-state index in [1.54, 1.807) is 0 Å². The zero-order valence-electron chi connectivity index (χ0n) is 7.33. The Bertz CT molecular complexity index is 291. The Hall–Kier alpha value is -1.30. The van der Waals surface area contributed by atoms with E-state index in [1.807, 2.05) is 0 Å². The summed E-state index contributed by atoms with van der Waals surface area (Å²) < 4.78 is 0. The van der Waals surface area contributed by atoms with Gasteiger partial charge in [-0.1, -0.05) is 0 Å². The van der Waals surface area contributed by atoms with E-state index in [0.29, 0.717) is 12.8 Å². The van der Waals surface area contributed by atoms with Gasteiger partial charge in [-0.2, -0.15) is 0 Å². The summed E-state index contributed by atoms with van der Waals surface area (Å²) in [6.07, 6.45) is -1.06. The molecule has 1 amide bonds. The Morgan fingerprint density at radius 2 is 1.86 bits per heavy atom. The third kappa shape index (κ3) is 1.07. The second kappa shape index (κ2) is 2.84. The van der Waals surface area contributed by atoms with E-state index in [1.165, 1.54) is 0 Å². The van der Waals surface area contributed by atoms with E-state index in [2.05, 4.69) is 0 Å². The predicted molar refractivity (Wildman–Crippen MR) is 43.8 cm³/mol. The third-order valence-electron chi connectivity index (χ3n) is 3.12. The Kier molecular flexibility index (Phi) is 1.88. The summed E-state index contributed by atoms with van der Waals surface area (Å²) >= 11 is 0. The van der Waals surface area contributed by atoms with Crippen LogP contribution < -0.4 is 0 Å². The van der Waals surface area contributed by atoms with E-state index in [-0.39, 0.29) is 6.04 Å². The Balaban J connectivity index is 2.27. The first kappa shape index (κ1) is 9.26. The maximum absolute atomic E-state index is 10.8. The number of aliphatic carboxylic acids is 1. The molecule has 2 rings (SSSR count). The smallest absolute Gasteiger partial charge is 0.408 e. The number of carbonyl (C=O) groups is 2. The molecule has 2 aliphatic rings. The first-order chi connectivity index (χ1) is 6.52. The summed E-state index contributed by atoms with van der Waals surface area (Å²) in [5.74, 6) is -1.60. The zero-order valence-corrected chi connectivity index (χ0v) is 7.33. The van der Waals surface area contributed by atoms with Gasteiger partial charge in [0, 0.05) is 12.0 Å². The minimum absolute atomic E-state index is 0.325. The highest BCUT2D eigenvalue weighted by molar-refractivity contribution is 5.81. The minimum atomic E-state index is -1.21. The number of aliphatic hydroxyl groups is 1. The highest BCUT2D eigenvalue weighted by Crippen LogP contribution is 2.42. The number of amides is 1. The van der Waals surface area contributed by atoms with Crippen molar-refractivity contribution in [1.29, 1.82) is 0 Å². The van der Waals surface area contributed by atoms with Gasteiger partial charge < -0.3 is 15.3 Å². The standard InChI is InChI=1S/C8H11NO5/c10-5-2-3-1-4(5)6(7(11)12)9(3)8(13)14/h3-6,10H,1-2H2,(H,11,12)(H,13,14). The van der Waals surface area contributed by atoms with Gasteiger partial charge >= 0.3 is 12.1 Å². The molecule has 6 nitrogen and oxygen atoms in total. The van der Waals surface area contributed by atoms with Crippen molar-refractivity contribution in [3.05, 3.63) is 0 Å². The van der Waals surface area contributed by atoms with Gasteiger partial charge in [0.15, 0.2) is 0 Å². The molecule has 2 fully saturated rings. The molecule has 1 saturated heterocycles. The molecule has 0 radical (unpaired) electrons. The van der Waals surface area contributed by atoms with Crippen LogP contribution in [0, 0.1) is 5.92 Å². The molecular weight excluding hydrogens is 190 g/mol. The van der Waals surface area contributed by atoms with Gasteiger partial charge in [-0.05, 0) is 12.8 Å². The fourth-order valence-electron chi connectivity index (χ4n) is 2.60. The molecule has 78 valence electrons. The van der Waals surface area contributed by atoms with E-state index in [9.17, 15) is 14.7 Å². The molecule has 1 aliphatic carbocycles. The first-order valence-electron chi connectivity index (χ1n) is 4.44. The quantitative estimate of drug-likeness (QED) is 0.535. The topological polar surface area (TPSA) is 98.1 Å². The fraction of sp³-hybridized carbons (Fsp3) is 0.750. The molecular formula is C8H11NO5. The van der Waals surface area contributed by atoms with Crippen molar-refractivity contribution < 1.29 is 24.9 Å². The first-order valence-corrected chi connectivity index (χ1v) is 4.44. The van der Waals surface area contributed by atoms with Crippen molar-refractivity contribution in [2.24, 2.45) is 5.92 Å². The maximum Gasteiger partial charge on any atom is 0.408 e. The normalized spacial score (nSPS) is 40.2. The molecule has 0 spiro atoms. The van der Waals surface area contributed by atoms with Crippen LogP contribution in [0.2, 0.25) is 0 Å². The summed E-state index contributed by atoms with van der Waals surface area (Å²) in [6, 6.07) is -1.39. The molecule has 0 aromatic carbocycles. The molecule has 0 aromatic rings. The van der Waals surface area contributed by atoms with E-state index in [4.69, 9.17) is 10.2 Å². The van der Waals surface area contributed by atoms with Crippen LogP contribution in [-0.4, -0.2) is 50.5 Å². The molecule has 1 heterocycles. The van der Waals surface area contributed by atoms with Crippen LogP contribution in [0.25, 0.3) is 0 Å². The highest BCUT2D eigenvalue weighted by Gasteiger charge is 2.55. The average Bonchev–Trinajstić information content (AvgIpc) is 2.58. The largest absolute Gasteiger partial charge is 0.480 e. The van der Waals surface area contributed by atoms with Crippen LogP contribution in [0.5, 0.6) is 0 Å². The molecule has 1 aliphatic heterocycles. The number of hydrogen-bond donors (Lipinski definition) is 3. The summed E-state index contributed by atoms with van der Waals surface area (Å²) in [6.45, 7) is 0. The van der Waals surface area contributed by atoms with Crippen LogP contribution >= 0.6 is 0 Å². The lowest BCUT2D eigenvalue weighted by Gasteiger charge is -2.32. The second-order valence-electron chi connectivity index (χ2n) is 3.83. The van der Waals surface area contributed by atoms with Crippen LogP contribution in [0.4, 0.5) is 4.79 Å². The predicted octanol–water partition coefficient (Wildman–Crippen LogP) is -0.427. The van der Waals surface area contributed by atoms with Crippen molar-refractivity contribution in [2.75, 3.05) is 0 Å². The Morgan fingerprint density at radius 3 is 2.36 bits per heavy atom. The number of carboxylic acids is 1. The fourth-order valence-corrected chi connectivity index (χ4v) is 2.60. The maximum atomic E-state index is 10.8. The van der Waals surface area contributed by atoms with Gasteiger partial charge in [-0.25, -0.2) is 9.59 Å². The van der Waals surface area contributed by atoms with Crippen molar-refractivity contribution in [1.82, 2.24) is 4.90 Å². The Labute approximate surface area is 79.7 Å². The number of hydrogen-bond acceptors (Lipinski definition) is 3. The summed E-state index contributed by atoms with van der Waals surface area (Å²) in [7, 11) is 0. The molecule has 0 aromatic heterocycles.